The topological polar surface area (TPSA) is 38.0 Å². The van der Waals surface area contributed by atoms with Gasteiger partial charge in [-0.05, 0) is 50.7 Å². The molecule has 0 fully saturated rings. The van der Waals surface area contributed by atoms with Crippen LogP contribution in [0.2, 0.25) is 0 Å². The minimum Gasteiger partial charge on any atom is -0.271 e. The molecule has 3 N–H and O–H groups in total. The van der Waals surface area contributed by atoms with Gasteiger partial charge in [0.2, 0.25) is 0 Å². The quantitative estimate of drug-likeness (QED) is 0.475. The smallest absolute Gasteiger partial charge is 0.0672 e. The van der Waals surface area contributed by atoms with Gasteiger partial charge in [0.1, 0.15) is 0 Å². The maximum absolute atomic E-state index is 5.76. The van der Waals surface area contributed by atoms with Crippen molar-refractivity contribution in [1.82, 2.24) is 5.43 Å². The number of nitrogens with one attached hydrogen (secondary N) is 1. The Labute approximate surface area is 104 Å². The third kappa shape index (κ3) is 2.76. The van der Waals surface area contributed by atoms with Gasteiger partial charge in [-0.25, -0.2) is 5.43 Å². The first kappa shape index (κ1) is 12.3. The van der Waals surface area contributed by atoms with Gasteiger partial charge >= 0.3 is 0 Å². The first-order chi connectivity index (χ1) is 8.22. The van der Waals surface area contributed by atoms with E-state index in [1.807, 2.05) is 0 Å². The van der Waals surface area contributed by atoms with Crippen molar-refractivity contribution in [3.63, 3.8) is 0 Å². The summed E-state index contributed by atoms with van der Waals surface area (Å²) in [5.41, 5.74) is 8.36. The highest BCUT2D eigenvalue weighted by Crippen LogP contribution is 2.31. The zero-order valence-corrected chi connectivity index (χ0v) is 10.8. The summed E-state index contributed by atoms with van der Waals surface area (Å²) in [5.74, 6) is 5.76. The van der Waals surface area contributed by atoms with Crippen LogP contribution < -0.4 is 11.3 Å². The summed E-state index contributed by atoms with van der Waals surface area (Å²) in [6.45, 7) is 4.29. The predicted octanol–water partition coefficient (Wildman–Crippen LogP) is 3.31. The van der Waals surface area contributed by atoms with Gasteiger partial charge in [0.15, 0.2) is 0 Å². The number of hydrazine groups is 1. The van der Waals surface area contributed by atoms with Crippen LogP contribution in [0.15, 0.2) is 29.8 Å². The van der Waals surface area contributed by atoms with Crippen molar-refractivity contribution in [3.05, 3.63) is 46.5 Å². The van der Waals surface area contributed by atoms with Crippen LogP contribution in [0.3, 0.4) is 0 Å². The molecule has 1 unspecified atom stereocenters. The molecule has 0 aliphatic heterocycles. The molecule has 2 heteroatoms. The summed E-state index contributed by atoms with van der Waals surface area (Å²) in [6.07, 6.45) is 7.32. The molecular formula is C15H22N2. The maximum Gasteiger partial charge on any atom is 0.0672 e. The summed E-state index contributed by atoms with van der Waals surface area (Å²) < 4.78 is 0. The minimum absolute atomic E-state index is 0.190. The van der Waals surface area contributed by atoms with Crippen molar-refractivity contribution < 1.29 is 0 Å². The Morgan fingerprint density at radius 2 is 2.06 bits per heavy atom. The van der Waals surface area contributed by atoms with Gasteiger partial charge in [0.25, 0.3) is 0 Å². The summed E-state index contributed by atoms with van der Waals surface area (Å²) in [7, 11) is 0. The summed E-state index contributed by atoms with van der Waals surface area (Å²) in [5, 5.41) is 0. The van der Waals surface area contributed by atoms with E-state index in [0.717, 1.165) is 0 Å². The fourth-order valence-corrected chi connectivity index (χ4v) is 2.59. The number of hydrogen-bond donors (Lipinski definition) is 2. The van der Waals surface area contributed by atoms with E-state index in [2.05, 4.69) is 43.5 Å². The lowest BCUT2D eigenvalue weighted by Crippen LogP contribution is -2.30. The third-order valence-corrected chi connectivity index (χ3v) is 3.61. The van der Waals surface area contributed by atoms with Crippen molar-refractivity contribution in [2.45, 2.75) is 45.6 Å². The highest BCUT2D eigenvalue weighted by molar-refractivity contribution is 5.37. The molecule has 1 aliphatic carbocycles. The Morgan fingerprint density at radius 3 is 2.71 bits per heavy atom. The van der Waals surface area contributed by atoms with Crippen LogP contribution in [0.4, 0.5) is 0 Å². The molecule has 0 radical (unpaired) electrons. The van der Waals surface area contributed by atoms with Crippen molar-refractivity contribution in [2.24, 2.45) is 5.84 Å². The Balaban J connectivity index is 2.34. The summed E-state index contributed by atoms with van der Waals surface area (Å²) in [6, 6.07) is 6.77. The van der Waals surface area contributed by atoms with Gasteiger partial charge in [0.05, 0.1) is 6.04 Å². The van der Waals surface area contributed by atoms with E-state index in [9.17, 15) is 0 Å². The Kier molecular flexibility index (Phi) is 3.97. The van der Waals surface area contributed by atoms with E-state index in [1.54, 1.807) is 0 Å². The van der Waals surface area contributed by atoms with Crippen LogP contribution >= 0.6 is 0 Å². The molecule has 0 spiro atoms. The molecule has 1 aliphatic rings. The van der Waals surface area contributed by atoms with E-state index < -0.39 is 0 Å². The SMILES string of the molecule is Cc1ccc(C)c(C(NN)C2=CCCCC2)c1. The average Bonchev–Trinajstić information content (AvgIpc) is 2.36. The largest absolute Gasteiger partial charge is 0.271 e. The fraction of sp³-hybridized carbons (Fsp3) is 0.467. The number of nitrogens with two attached hydrogens (primary N) is 1. The molecule has 0 saturated heterocycles. The standard InChI is InChI=1S/C15H22N2/c1-11-8-9-12(2)14(10-11)15(17-16)13-6-4-3-5-7-13/h6,8-10,15,17H,3-5,7,16H2,1-2H3. The van der Waals surface area contributed by atoms with Gasteiger partial charge in [-0.2, -0.15) is 0 Å². The fourth-order valence-electron chi connectivity index (χ4n) is 2.59. The molecule has 17 heavy (non-hydrogen) atoms. The predicted molar refractivity (Wildman–Crippen MR) is 72.5 cm³/mol. The lowest BCUT2D eigenvalue weighted by molar-refractivity contribution is 0.563. The molecule has 92 valence electrons. The molecule has 0 amide bonds. The molecule has 0 aromatic heterocycles. The van der Waals surface area contributed by atoms with E-state index in [0.29, 0.717) is 0 Å². The average molecular weight is 230 g/mol. The normalized spacial score (nSPS) is 17.7. The molecule has 2 rings (SSSR count). The van der Waals surface area contributed by atoms with E-state index in [-0.39, 0.29) is 6.04 Å². The molecule has 1 atom stereocenters. The molecule has 0 heterocycles. The van der Waals surface area contributed by atoms with Crippen molar-refractivity contribution >= 4 is 0 Å². The highest BCUT2D eigenvalue weighted by Gasteiger charge is 2.18. The van der Waals surface area contributed by atoms with Crippen molar-refractivity contribution in [1.29, 1.82) is 0 Å². The second-order valence-corrected chi connectivity index (χ2v) is 4.98. The number of rotatable bonds is 3. The number of hydrogen-bond acceptors (Lipinski definition) is 2. The lowest BCUT2D eigenvalue weighted by atomic mass is 9.88. The zero-order valence-electron chi connectivity index (χ0n) is 10.8. The van der Waals surface area contributed by atoms with Crippen LogP contribution in [0.5, 0.6) is 0 Å². The van der Waals surface area contributed by atoms with Crippen molar-refractivity contribution in [3.8, 4) is 0 Å². The Morgan fingerprint density at radius 1 is 1.24 bits per heavy atom. The second kappa shape index (κ2) is 5.48. The highest BCUT2D eigenvalue weighted by atomic mass is 15.2. The second-order valence-electron chi connectivity index (χ2n) is 4.98. The number of benzene rings is 1. The van der Waals surface area contributed by atoms with E-state index in [4.69, 9.17) is 5.84 Å². The van der Waals surface area contributed by atoms with Gasteiger partial charge < -0.3 is 0 Å². The van der Waals surface area contributed by atoms with E-state index >= 15 is 0 Å². The van der Waals surface area contributed by atoms with Gasteiger partial charge in [-0.15, -0.1) is 0 Å². The first-order valence-corrected chi connectivity index (χ1v) is 6.44. The van der Waals surface area contributed by atoms with Crippen LogP contribution in [-0.2, 0) is 0 Å². The summed E-state index contributed by atoms with van der Waals surface area (Å²) >= 11 is 0. The minimum atomic E-state index is 0.190. The first-order valence-electron chi connectivity index (χ1n) is 6.44. The van der Waals surface area contributed by atoms with Gasteiger partial charge in [-0.1, -0.05) is 35.4 Å². The van der Waals surface area contributed by atoms with Crippen molar-refractivity contribution in [2.75, 3.05) is 0 Å². The third-order valence-electron chi connectivity index (χ3n) is 3.61. The monoisotopic (exact) mass is 230 g/mol. The molecular weight excluding hydrogens is 208 g/mol. The number of allylic oxidation sites excluding steroid dienone is 1. The molecule has 0 saturated carbocycles. The molecule has 2 nitrogen and oxygen atoms in total. The van der Waals surface area contributed by atoms with Crippen LogP contribution in [0.25, 0.3) is 0 Å². The molecule has 1 aromatic carbocycles. The van der Waals surface area contributed by atoms with Gasteiger partial charge in [0, 0.05) is 0 Å². The Hall–Kier alpha value is -1.12. The van der Waals surface area contributed by atoms with Gasteiger partial charge in [-0.3, -0.25) is 5.84 Å². The Bertz CT molecular complexity index is 421. The number of aryl methyl sites for hydroxylation is 2. The molecule has 1 aromatic rings. The zero-order chi connectivity index (χ0) is 12.3. The van der Waals surface area contributed by atoms with Crippen LogP contribution in [0.1, 0.15) is 48.4 Å². The lowest BCUT2D eigenvalue weighted by Gasteiger charge is -2.24. The molecule has 0 bridgehead atoms. The summed E-state index contributed by atoms with van der Waals surface area (Å²) in [4.78, 5) is 0. The van der Waals surface area contributed by atoms with E-state index in [1.165, 1.54) is 47.9 Å². The van der Waals surface area contributed by atoms with Crippen LogP contribution in [0, 0.1) is 13.8 Å². The van der Waals surface area contributed by atoms with Crippen LogP contribution in [-0.4, -0.2) is 0 Å². The maximum atomic E-state index is 5.76.